The van der Waals surface area contributed by atoms with Crippen molar-refractivity contribution in [3.63, 3.8) is 0 Å². The largest absolute Gasteiger partial charge is 0.493 e. The number of rotatable bonds is 9. The third-order valence-corrected chi connectivity index (χ3v) is 5.82. The van der Waals surface area contributed by atoms with E-state index in [-0.39, 0.29) is 11.1 Å². The fraction of sp³-hybridized carbons (Fsp3) is 0.455. The number of nitrogens with one attached hydrogen (secondary N) is 1. The molecular weight excluding hydrogens is 372 g/mol. The van der Waals surface area contributed by atoms with Gasteiger partial charge in [0.2, 0.25) is 0 Å². The Morgan fingerprint density at radius 3 is 2.52 bits per heavy atom. The van der Waals surface area contributed by atoms with Crippen molar-refractivity contribution in [1.29, 1.82) is 0 Å². The van der Waals surface area contributed by atoms with Crippen molar-refractivity contribution in [2.45, 2.75) is 37.2 Å². The fourth-order valence-electron chi connectivity index (χ4n) is 4.20. The Kier molecular flexibility index (Phi) is 6.71. The molecule has 0 aliphatic heterocycles. The normalized spacial score (nSPS) is 16.4. The van der Waals surface area contributed by atoms with Crippen molar-refractivity contribution in [3.05, 3.63) is 63.7 Å². The van der Waals surface area contributed by atoms with Crippen LogP contribution in [0.4, 0.5) is 5.69 Å². The maximum atomic E-state index is 10.9. The molecule has 0 saturated heterocycles. The molecule has 1 fully saturated rings. The van der Waals surface area contributed by atoms with E-state index in [0.717, 1.165) is 25.7 Å². The lowest BCUT2D eigenvalue weighted by Gasteiger charge is -2.31. The van der Waals surface area contributed by atoms with Gasteiger partial charge in [0.05, 0.1) is 25.2 Å². The number of benzene rings is 2. The number of aliphatic hydroxyl groups is 1. The van der Waals surface area contributed by atoms with Gasteiger partial charge in [0.1, 0.15) is 0 Å². The summed E-state index contributed by atoms with van der Waals surface area (Å²) in [7, 11) is 3.26. The van der Waals surface area contributed by atoms with Gasteiger partial charge in [-0.1, -0.05) is 31.0 Å². The number of ether oxygens (including phenoxy) is 2. The number of nitro benzene ring substituents is 1. The molecule has 2 N–H and O–H groups in total. The smallest absolute Gasteiger partial charge is 0.269 e. The number of nitrogens with zero attached hydrogens (tertiary/aromatic N) is 1. The van der Waals surface area contributed by atoms with Crippen molar-refractivity contribution >= 4 is 5.69 Å². The Hall–Kier alpha value is -2.64. The molecule has 2 aromatic carbocycles. The van der Waals surface area contributed by atoms with E-state index in [1.165, 1.54) is 17.7 Å². The van der Waals surface area contributed by atoms with Crippen LogP contribution >= 0.6 is 0 Å². The third-order valence-electron chi connectivity index (χ3n) is 5.82. The lowest BCUT2D eigenvalue weighted by Crippen LogP contribution is -2.37. The monoisotopic (exact) mass is 400 g/mol. The highest BCUT2D eigenvalue weighted by Gasteiger charge is 2.36. The highest BCUT2D eigenvalue weighted by atomic mass is 16.6. The van der Waals surface area contributed by atoms with Crippen LogP contribution in [0, 0.1) is 10.1 Å². The molecule has 2 aromatic rings. The average molecular weight is 400 g/mol. The molecule has 0 amide bonds. The second-order valence-electron chi connectivity index (χ2n) is 7.56. The topological polar surface area (TPSA) is 93.9 Å². The molecule has 3 rings (SSSR count). The summed E-state index contributed by atoms with van der Waals surface area (Å²) in [6.07, 6.45) is 3.62. The minimum Gasteiger partial charge on any atom is -0.493 e. The van der Waals surface area contributed by atoms with Gasteiger partial charge in [-0.25, -0.2) is 0 Å². The van der Waals surface area contributed by atoms with Crippen LogP contribution in [0.3, 0.4) is 0 Å². The standard InChI is InChI=1S/C22H28N2O5/c1-28-20-9-8-17(13-21(20)29-2)22(10-3-4-11-22)15-23-14-19(25)16-6-5-7-18(12-16)24(26)27/h5-9,12-13,19,23,25H,3-4,10-11,14-15H2,1-2H3/t19-/m1/s1. The van der Waals surface area contributed by atoms with Crippen LogP contribution in [0.15, 0.2) is 42.5 Å². The number of nitro groups is 1. The number of methoxy groups -OCH3 is 2. The minimum absolute atomic E-state index is 0.0147. The molecule has 0 spiro atoms. The Morgan fingerprint density at radius 1 is 1.14 bits per heavy atom. The molecule has 0 aromatic heterocycles. The van der Waals surface area contributed by atoms with Crippen LogP contribution in [0.25, 0.3) is 0 Å². The summed E-state index contributed by atoms with van der Waals surface area (Å²) in [5, 5.41) is 24.8. The summed E-state index contributed by atoms with van der Waals surface area (Å²) >= 11 is 0. The van der Waals surface area contributed by atoms with E-state index < -0.39 is 11.0 Å². The van der Waals surface area contributed by atoms with Gasteiger partial charge in [-0.2, -0.15) is 0 Å². The van der Waals surface area contributed by atoms with E-state index in [2.05, 4.69) is 11.4 Å². The van der Waals surface area contributed by atoms with Gasteiger partial charge in [0.25, 0.3) is 5.69 Å². The Bertz CT molecular complexity index is 849. The number of hydrogen-bond donors (Lipinski definition) is 2. The van der Waals surface area contributed by atoms with Gasteiger partial charge in [-0.05, 0) is 36.1 Å². The second-order valence-corrected chi connectivity index (χ2v) is 7.56. The van der Waals surface area contributed by atoms with E-state index in [1.807, 2.05) is 12.1 Å². The molecule has 1 atom stereocenters. The number of hydrogen-bond acceptors (Lipinski definition) is 6. The first-order valence-electron chi connectivity index (χ1n) is 9.85. The molecule has 7 heteroatoms. The predicted octanol–water partition coefficient (Wildman–Crippen LogP) is 3.75. The molecule has 0 bridgehead atoms. The van der Waals surface area contributed by atoms with Crippen molar-refractivity contribution in [3.8, 4) is 11.5 Å². The lowest BCUT2D eigenvalue weighted by atomic mass is 9.78. The van der Waals surface area contributed by atoms with Crippen molar-refractivity contribution < 1.29 is 19.5 Å². The summed E-state index contributed by atoms with van der Waals surface area (Å²) in [6, 6.07) is 12.2. The zero-order valence-corrected chi connectivity index (χ0v) is 16.9. The van der Waals surface area contributed by atoms with Crippen LogP contribution in [0.2, 0.25) is 0 Å². The van der Waals surface area contributed by atoms with E-state index in [1.54, 1.807) is 26.4 Å². The molecular formula is C22H28N2O5. The molecule has 1 saturated carbocycles. The van der Waals surface area contributed by atoms with E-state index in [4.69, 9.17) is 9.47 Å². The highest BCUT2D eigenvalue weighted by Crippen LogP contribution is 2.43. The van der Waals surface area contributed by atoms with Crippen LogP contribution in [0.1, 0.15) is 42.9 Å². The molecule has 7 nitrogen and oxygen atoms in total. The van der Waals surface area contributed by atoms with Gasteiger partial charge in [0, 0.05) is 30.6 Å². The average Bonchev–Trinajstić information content (AvgIpc) is 3.23. The highest BCUT2D eigenvalue weighted by molar-refractivity contribution is 5.45. The van der Waals surface area contributed by atoms with Crippen molar-refractivity contribution in [1.82, 2.24) is 5.32 Å². The van der Waals surface area contributed by atoms with E-state index in [9.17, 15) is 15.2 Å². The van der Waals surface area contributed by atoms with Crippen molar-refractivity contribution in [2.75, 3.05) is 27.3 Å². The quantitative estimate of drug-likeness (QED) is 0.492. The molecule has 29 heavy (non-hydrogen) atoms. The first-order valence-corrected chi connectivity index (χ1v) is 9.85. The minimum atomic E-state index is -0.807. The fourth-order valence-corrected chi connectivity index (χ4v) is 4.20. The van der Waals surface area contributed by atoms with Crippen molar-refractivity contribution in [2.24, 2.45) is 0 Å². The predicted molar refractivity (Wildman–Crippen MR) is 111 cm³/mol. The number of non-ortho nitro benzene ring substituents is 1. The first-order chi connectivity index (χ1) is 14.0. The van der Waals surface area contributed by atoms with Gasteiger partial charge in [0.15, 0.2) is 11.5 Å². The van der Waals surface area contributed by atoms with Crippen LogP contribution in [0.5, 0.6) is 11.5 Å². The molecule has 0 heterocycles. The Morgan fingerprint density at radius 2 is 1.86 bits per heavy atom. The lowest BCUT2D eigenvalue weighted by molar-refractivity contribution is -0.385. The maximum absolute atomic E-state index is 10.9. The summed E-state index contributed by atoms with van der Waals surface area (Å²) in [5.74, 6) is 1.42. The molecule has 1 aliphatic carbocycles. The van der Waals surface area contributed by atoms with E-state index in [0.29, 0.717) is 30.2 Å². The zero-order valence-electron chi connectivity index (χ0n) is 16.9. The molecule has 0 unspecified atom stereocenters. The number of aliphatic hydroxyl groups excluding tert-OH is 1. The SMILES string of the molecule is COc1ccc(C2(CNC[C@@H](O)c3cccc([N+](=O)[O-])c3)CCCC2)cc1OC. The third kappa shape index (κ3) is 4.68. The van der Waals surface area contributed by atoms with Crippen LogP contribution in [-0.4, -0.2) is 37.3 Å². The van der Waals surface area contributed by atoms with Crippen LogP contribution < -0.4 is 14.8 Å². The van der Waals surface area contributed by atoms with Gasteiger partial charge < -0.3 is 19.9 Å². The first kappa shape index (κ1) is 21.1. The molecule has 0 radical (unpaired) electrons. The van der Waals surface area contributed by atoms with Gasteiger partial charge in [-0.3, -0.25) is 10.1 Å². The second kappa shape index (κ2) is 9.24. The molecule has 1 aliphatic rings. The molecule has 156 valence electrons. The van der Waals surface area contributed by atoms with E-state index >= 15 is 0 Å². The maximum Gasteiger partial charge on any atom is 0.269 e. The Balaban J connectivity index is 1.70. The van der Waals surface area contributed by atoms with Gasteiger partial charge >= 0.3 is 0 Å². The Labute approximate surface area is 170 Å². The van der Waals surface area contributed by atoms with Gasteiger partial charge in [-0.15, -0.1) is 0 Å². The summed E-state index contributed by atoms with van der Waals surface area (Å²) < 4.78 is 10.8. The summed E-state index contributed by atoms with van der Waals surface area (Å²) in [6.45, 7) is 1.05. The van der Waals surface area contributed by atoms with Crippen LogP contribution in [-0.2, 0) is 5.41 Å². The summed E-state index contributed by atoms with van der Waals surface area (Å²) in [5.41, 5.74) is 1.70. The zero-order chi connectivity index (χ0) is 20.9. The summed E-state index contributed by atoms with van der Waals surface area (Å²) in [4.78, 5) is 10.5.